The molecule has 0 atom stereocenters. The van der Waals surface area contributed by atoms with Gasteiger partial charge in [0.1, 0.15) is 0 Å². The maximum Gasteiger partial charge on any atom is 0.243 e. The fourth-order valence-electron chi connectivity index (χ4n) is 1.14. The molecule has 0 unspecified atom stereocenters. The van der Waals surface area contributed by atoms with Gasteiger partial charge in [0, 0.05) is 5.41 Å². The van der Waals surface area contributed by atoms with Crippen LogP contribution in [0.5, 0.6) is 0 Å². The van der Waals surface area contributed by atoms with E-state index in [0.29, 0.717) is 12.3 Å². The lowest BCUT2D eigenvalue weighted by atomic mass is 9.84. The highest BCUT2D eigenvalue weighted by molar-refractivity contribution is 4.72. The largest absolute Gasteiger partial charge is 0.243 e. The van der Waals surface area contributed by atoms with Gasteiger partial charge in [-0.1, -0.05) is 27.7 Å². The molecule has 0 fully saturated rings. The molecule has 0 nitrogen and oxygen atoms in total. The van der Waals surface area contributed by atoms with Crippen LogP contribution >= 0.6 is 0 Å². The van der Waals surface area contributed by atoms with Crippen LogP contribution in [-0.4, -0.2) is 6.43 Å². The fourth-order valence-corrected chi connectivity index (χ4v) is 1.14. The molecule has 62 valence electrons. The molecule has 0 aromatic heterocycles. The highest BCUT2D eigenvalue weighted by Gasteiger charge is 2.29. The van der Waals surface area contributed by atoms with Gasteiger partial charge in [-0.15, -0.1) is 0 Å². The summed E-state index contributed by atoms with van der Waals surface area (Å²) in [7, 11) is 0. The molecule has 0 saturated carbocycles. The van der Waals surface area contributed by atoms with Gasteiger partial charge in [0.15, 0.2) is 0 Å². The van der Waals surface area contributed by atoms with E-state index in [0.717, 1.165) is 0 Å². The third-order valence-corrected chi connectivity index (χ3v) is 1.53. The summed E-state index contributed by atoms with van der Waals surface area (Å²) in [6.07, 6.45) is -1.61. The van der Waals surface area contributed by atoms with Gasteiger partial charge in [-0.25, -0.2) is 8.78 Å². The van der Waals surface area contributed by atoms with Crippen molar-refractivity contribution >= 4 is 0 Å². The molecule has 0 N–H and O–H groups in total. The summed E-state index contributed by atoms with van der Waals surface area (Å²) in [6.45, 7) is 7.14. The first-order chi connectivity index (χ1) is 4.36. The number of alkyl halides is 2. The first-order valence-electron chi connectivity index (χ1n) is 3.64. The van der Waals surface area contributed by atoms with Crippen molar-refractivity contribution in [2.24, 2.45) is 11.3 Å². The highest BCUT2D eigenvalue weighted by atomic mass is 19.3. The maximum atomic E-state index is 12.2. The maximum absolute atomic E-state index is 12.2. The van der Waals surface area contributed by atoms with Crippen LogP contribution in [-0.2, 0) is 0 Å². The van der Waals surface area contributed by atoms with Gasteiger partial charge in [0.05, 0.1) is 0 Å². The predicted octanol–water partition coefficient (Wildman–Crippen LogP) is 3.32. The Morgan fingerprint density at radius 2 is 1.60 bits per heavy atom. The van der Waals surface area contributed by atoms with Crippen molar-refractivity contribution in [3.8, 4) is 0 Å². The van der Waals surface area contributed by atoms with Crippen LogP contribution in [0.4, 0.5) is 8.78 Å². The molecule has 0 aliphatic heterocycles. The number of hydrogen-bond acceptors (Lipinski definition) is 0. The molecule has 0 aromatic carbocycles. The molecule has 0 aliphatic carbocycles. The van der Waals surface area contributed by atoms with E-state index in [1.165, 1.54) is 0 Å². The van der Waals surface area contributed by atoms with E-state index in [1.54, 1.807) is 13.8 Å². The molecule has 0 radical (unpaired) electrons. The Balaban J connectivity index is 3.87. The summed E-state index contributed by atoms with van der Waals surface area (Å²) in [5, 5.41) is 0. The minimum absolute atomic E-state index is 0.351. The molecule has 0 amide bonds. The van der Waals surface area contributed by atoms with Crippen molar-refractivity contribution < 1.29 is 8.78 Å². The van der Waals surface area contributed by atoms with Crippen molar-refractivity contribution in [3.63, 3.8) is 0 Å². The number of hydrogen-bond donors (Lipinski definition) is 0. The minimum Gasteiger partial charge on any atom is -0.210 e. The summed E-state index contributed by atoms with van der Waals surface area (Å²) in [6, 6.07) is 0. The second-order valence-corrected chi connectivity index (χ2v) is 3.89. The molecule has 0 bridgehead atoms. The van der Waals surface area contributed by atoms with Gasteiger partial charge in [-0.05, 0) is 12.3 Å². The fraction of sp³-hybridized carbons (Fsp3) is 1.00. The van der Waals surface area contributed by atoms with Crippen molar-refractivity contribution in [1.29, 1.82) is 0 Å². The lowest BCUT2D eigenvalue weighted by molar-refractivity contribution is 0.00623. The molecule has 2 heteroatoms. The monoisotopic (exact) mass is 150 g/mol. The van der Waals surface area contributed by atoms with E-state index in [9.17, 15) is 8.78 Å². The Morgan fingerprint density at radius 1 is 1.20 bits per heavy atom. The van der Waals surface area contributed by atoms with Crippen molar-refractivity contribution in [2.75, 3.05) is 0 Å². The third-order valence-electron chi connectivity index (χ3n) is 1.53. The van der Waals surface area contributed by atoms with E-state index in [1.807, 2.05) is 13.8 Å². The molecular formula is C8H16F2. The predicted molar refractivity (Wildman–Crippen MR) is 39.2 cm³/mol. The van der Waals surface area contributed by atoms with Gasteiger partial charge in [0.25, 0.3) is 0 Å². The van der Waals surface area contributed by atoms with Crippen LogP contribution in [0.2, 0.25) is 0 Å². The first kappa shape index (κ1) is 9.86. The summed E-state index contributed by atoms with van der Waals surface area (Å²) in [5.74, 6) is 0.351. The minimum atomic E-state index is -2.20. The standard InChI is InChI=1S/C8H16F2/c1-6(2)5-8(3,4)7(9)10/h6-7H,5H2,1-4H3. The molecule has 0 rings (SSSR count). The van der Waals surface area contributed by atoms with Crippen LogP contribution in [0, 0.1) is 11.3 Å². The third kappa shape index (κ3) is 3.14. The van der Waals surface area contributed by atoms with Gasteiger partial charge in [0.2, 0.25) is 6.43 Å². The quantitative estimate of drug-likeness (QED) is 0.579. The molecule has 0 aromatic rings. The Bertz CT molecular complexity index is 95.4. The Morgan fingerprint density at radius 3 is 1.70 bits per heavy atom. The normalized spacial score (nSPS) is 13.2. The lowest BCUT2D eigenvalue weighted by Crippen LogP contribution is -2.23. The van der Waals surface area contributed by atoms with Crippen LogP contribution < -0.4 is 0 Å². The zero-order valence-corrected chi connectivity index (χ0v) is 7.12. The van der Waals surface area contributed by atoms with E-state index in [4.69, 9.17) is 0 Å². The van der Waals surface area contributed by atoms with E-state index < -0.39 is 11.8 Å². The molecule has 0 saturated heterocycles. The smallest absolute Gasteiger partial charge is 0.210 e. The van der Waals surface area contributed by atoms with E-state index >= 15 is 0 Å². The van der Waals surface area contributed by atoms with Crippen LogP contribution in [0.1, 0.15) is 34.1 Å². The summed E-state index contributed by atoms with van der Waals surface area (Å²) in [4.78, 5) is 0. The summed E-state index contributed by atoms with van der Waals surface area (Å²) in [5.41, 5.74) is -0.811. The van der Waals surface area contributed by atoms with E-state index in [-0.39, 0.29) is 0 Å². The van der Waals surface area contributed by atoms with Gasteiger partial charge < -0.3 is 0 Å². The average Bonchev–Trinajstić information content (AvgIpc) is 1.60. The second-order valence-electron chi connectivity index (χ2n) is 3.89. The van der Waals surface area contributed by atoms with Gasteiger partial charge in [-0.3, -0.25) is 0 Å². The summed E-state index contributed by atoms with van der Waals surface area (Å²) >= 11 is 0. The van der Waals surface area contributed by atoms with Crippen LogP contribution in [0.15, 0.2) is 0 Å². The van der Waals surface area contributed by atoms with Crippen LogP contribution in [0.25, 0.3) is 0 Å². The zero-order valence-electron chi connectivity index (χ0n) is 7.12. The molecule has 0 heterocycles. The average molecular weight is 150 g/mol. The molecular weight excluding hydrogens is 134 g/mol. The Kier molecular flexibility index (Phi) is 3.26. The second kappa shape index (κ2) is 3.31. The number of halogens is 2. The Labute approximate surface area is 61.6 Å². The van der Waals surface area contributed by atoms with Crippen molar-refractivity contribution in [3.05, 3.63) is 0 Å². The Hall–Kier alpha value is -0.140. The van der Waals surface area contributed by atoms with Gasteiger partial charge >= 0.3 is 0 Å². The highest BCUT2D eigenvalue weighted by Crippen LogP contribution is 2.31. The first-order valence-corrected chi connectivity index (χ1v) is 3.64. The SMILES string of the molecule is CC(C)CC(C)(C)C(F)F. The summed E-state index contributed by atoms with van der Waals surface area (Å²) < 4.78 is 24.3. The van der Waals surface area contributed by atoms with E-state index in [2.05, 4.69) is 0 Å². The van der Waals surface area contributed by atoms with Crippen molar-refractivity contribution in [1.82, 2.24) is 0 Å². The molecule has 0 aliphatic rings. The lowest BCUT2D eigenvalue weighted by Gasteiger charge is -2.25. The topological polar surface area (TPSA) is 0 Å². The molecule has 10 heavy (non-hydrogen) atoms. The molecule has 0 spiro atoms. The number of rotatable bonds is 3. The van der Waals surface area contributed by atoms with Crippen LogP contribution in [0.3, 0.4) is 0 Å². The van der Waals surface area contributed by atoms with Gasteiger partial charge in [-0.2, -0.15) is 0 Å². The zero-order chi connectivity index (χ0) is 8.36. The van der Waals surface area contributed by atoms with Crippen molar-refractivity contribution in [2.45, 2.75) is 40.5 Å².